The summed E-state index contributed by atoms with van der Waals surface area (Å²) in [6.07, 6.45) is 0.697. The molecule has 16 heavy (non-hydrogen) atoms. The van der Waals surface area contributed by atoms with Crippen molar-refractivity contribution in [2.24, 2.45) is 11.1 Å². The Morgan fingerprint density at radius 2 is 2.19 bits per heavy atom. The third-order valence-corrected chi connectivity index (χ3v) is 4.24. The van der Waals surface area contributed by atoms with Gasteiger partial charge in [0.25, 0.3) is 0 Å². The Kier molecular flexibility index (Phi) is 4.52. The number of halogens is 1. The largest absolute Gasteiger partial charge is 0.330 e. The molecular formula is C11H17BrN2OS. The van der Waals surface area contributed by atoms with Gasteiger partial charge in [0.2, 0.25) is 5.91 Å². The number of hydrogen-bond acceptors (Lipinski definition) is 3. The van der Waals surface area contributed by atoms with E-state index in [9.17, 15) is 4.79 Å². The van der Waals surface area contributed by atoms with Gasteiger partial charge in [-0.1, -0.05) is 13.8 Å². The van der Waals surface area contributed by atoms with Crippen molar-refractivity contribution in [1.29, 1.82) is 0 Å². The summed E-state index contributed by atoms with van der Waals surface area (Å²) in [6, 6.07) is 3.88. The molecule has 0 unspecified atom stereocenters. The molecule has 1 rings (SSSR count). The molecule has 2 N–H and O–H groups in total. The fraction of sp³-hybridized carbons (Fsp3) is 0.545. The van der Waals surface area contributed by atoms with Gasteiger partial charge in [0, 0.05) is 12.5 Å². The molecule has 5 heteroatoms. The van der Waals surface area contributed by atoms with E-state index in [0.717, 1.165) is 8.79 Å². The fourth-order valence-corrected chi connectivity index (χ4v) is 2.83. The van der Waals surface area contributed by atoms with Crippen LogP contribution in [0.5, 0.6) is 0 Å². The van der Waals surface area contributed by atoms with Crippen LogP contribution in [0, 0.1) is 5.41 Å². The van der Waals surface area contributed by atoms with Gasteiger partial charge in [0.15, 0.2) is 0 Å². The molecular weight excluding hydrogens is 288 g/mol. The minimum absolute atomic E-state index is 0.104. The number of anilines is 1. The van der Waals surface area contributed by atoms with Crippen LogP contribution in [0.15, 0.2) is 15.9 Å². The van der Waals surface area contributed by atoms with Crippen molar-refractivity contribution in [3.05, 3.63) is 15.9 Å². The van der Waals surface area contributed by atoms with Crippen LogP contribution in [0.4, 0.5) is 5.00 Å². The summed E-state index contributed by atoms with van der Waals surface area (Å²) in [5, 5.41) is 0.946. The molecule has 0 aliphatic carbocycles. The van der Waals surface area contributed by atoms with E-state index in [1.807, 2.05) is 26.0 Å². The van der Waals surface area contributed by atoms with E-state index < -0.39 is 5.41 Å². The van der Waals surface area contributed by atoms with E-state index in [0.29, 0.717) is 13.0 Å². The van der Waals surface area contributed by atoms with Crippen molar-refractivity contribution < 1.29 is 4.79 Å². The minimum Gasteiger partial charge on any atom is -0.330 e. The monoisotopic (exact) mass is 304 g/mol. The van der Waals surface area contributed by atoms with Crippen molar-refractivity contribution in [2.75, 3.05) is 18.5 Å². The molecule has 0 aliphatic rings. The van der Waals surface area contributed by atoms with Crippen LogP contribution in [0.1, 0.15) is 20.3 Å². The third kappa shape index (κ3) is 3.06. The molecule has 0 saturated heterocycles. The SMILES string of the molecule is CN(C(=O)C(C)(C)CCN)c1ccc(Br)s1. The average molecular weight is 305 g/mol. The summed E-state index contributed by atoms with van der Waals surface area (Å²) in [5.74, 6) is 0.104. The summed E-state index contributed by atoms with van der Waals surface area (Å²) in [4.78, 5) is 13.9. The number of thiophene rings is 1. The molecule has 1 aromatic heterocycles. The Morgan fingerprint density at radius 1 is 1.56 bits per heavy atom. The van der Waals surface area contributed by atoms with Crippen LogP contribution in [-0.2, 0) is 4.79 Å². The van der Waals surface area contributed by atoms with E-state index >= 15 is 0 Å². The van der Waals surface area contributed by atoms with Crippen molar-refractivity contribution in [3.8, 4) is 0 Å². The van der Waals surface area contributed by atoms with Gasteiger partial charge >= 0.3 is 0 Å². The lowest BCUT2D eigenvalue weighted by Gasteiger charge is -2.28. The Balaban J connectivity index is 2.82. The third-order valence-electron chi connectivity index (χ3n) is 2.54. The first kappa shape index (κ1) is 13.7. The maximum absolute atomic E-state index is 12.2. The molecule has 90 valence electrons. The molecule has 0 spiro atoms. The Labute approximate surface area is 109 Å². The summed E-state index contributed by atoms with van der Waals surface area (Å²) in [7, 11) is 1.80. The number of rotatable bonds is 4. The lowest BCUT2D eigenvalue weighted by Crippen LogP contribution is -2.39. The zero-order valence-corrected chi connectivity index (χ0v) is 12.2. The van der Waals surface area contributed by atoms with Gasteiger partial charge in [0.05, 0.1) is 8.79 Å². The fourth-order valence-electron chi connectivity index (χ4n) is 1.51. The predicted octanol–water partition coefficient (Wildman–Crippen LogP) is 2.85. The zero-order chi connectivity index (χ0) is 12.3. The first-order valence-corrected chi connectivity index (χ1v) is 6.73. The van der Waals surface area contributed by atoms with E-state index in [-0.39, 0.29) is 5.91 Å². The number of nitrogens with zero attached hydrogens (tertiary/aromatic N) is 1. The molecule has 0 fully saturated rings. The highest BCUT2D eigenvalue weighted by molar-refractivity contribution is 9.11. The van der Waals surface area contributed by atoms with Crippen molar-refractivity contribution in [1.82, 2.24) is 0 Å². The molecule has 0 atom stereocenters. The minimum atomic E-state index is -0.403. The van der Waals surface area contributed by atoms with E-state index in [4.69, 9.17) is 5.73 Å². The zero-order valence-electron chi connectivity index (χ0n) is 9.79. The van der Waals surface area contributed by atoms with Crippen LogP contribution < -0.4 is 10.6 Å². The van der Waals surface area contributed by atoms with Gasteiger partial charge in [-0.2, -0.15) is 0 Å². The summed E-state index contributed by atoms with van der Waals surface area (Å²) in [6.45, 7) is 4.39. The summed E-state index contributed by atoms with van der Waals surface area (Å²) in [5.41, 5.74) is 5.12. The predicted molar refractivity (Wildman–Crippen MR) is 72.9 cm³/mol. The van der Waals surface area contributed by atoms with Crippen molar-refractivity contribution in [3.63, 3.8) is 0 Å². The van der Waals surface area contributed by atoms with Gasteiger partial charge in [-0.3, -0.25) is 4.79 Å². The number of hydrogen-bond donors (Lipinski definition) is 1. The number of carbonyl (C=O) groups is 1. The quantitative estimate of drug-likeness (QED) is 0.930. The lowest BCUT2D eigenvalue weighted by molar-refractivity contribution is -0.126. The standard InChI is InChI=1S/C11H17BrN2OS/c1-11(2,6-7-13)10(15)14(3)9-5-4-8(12)16-9/h4-5H,6-7,13H2,1-3H3. The molecule has 1 aromatic rings. The molecule has 1 amide bonds. The number of amides is 1. The van der Waals surface area contributed by atoms with Gasteiger partial charge < -0.3 is 10.6 Å². The topological polar surface area (TPSA) is 46.3 Å². The maximum Gasteiger partial charge on any atom is 0.233 e. The molecule has 0 saturated carbocycles. The number of nitrogens with two attached hydrogens (primary N) is 1. The van der Waals surface area contributed by atoms with Gasteiger partial charge in [-0.25, -0.2) is 0 Å². The van der Waals surface area contributed by atoms with Crippen LogP contribution >= 0.6 is 27.3 Å². The van der Waals surface area contributed by atoms with Crippen LogP contribution in [0.25, 0.3) is 0 Å². The maximum atomic E-state index is 12.2. The molecule has 3 nitrogen and oxygen atoms in total. The molecule has 0 aliphatic heterocycles. The second-order valence-corrected chi connectivity index (χ2v) is 6.81. The van der Waals surface area contributed by atoms with E-state index in [2.05, 4.69) is 15.9 Å². The highest BCUT2D eigenvalue weighted by Gasteiger charge is 2.30. The van der Waals surface area contributed by atoms with E-state index in [1.165, 1.54) is 0 Å². The molecule has 0 bridgehead atoms. The highest BCUT2D eigenvalue weighted by Crippen LogP contribution is 2.32. The van der Waals surface area contributed by atoms with Crippen LogP contribution in [0.3, 0.4) is 0 Å². The number of carbonyl (C=O) groups excluding carboxylic acids is 1. The molecule has 0 aromatic carbocycles. The Bertz CT molecular complexity index is 376. The van der Waals surface area contributed by atoms with Crippen LogP contribution in [0.2, 0.25) is 0 Å². The van der Waals surface area contributed by atoms with Crippen molar-refractivity contribution >= 4 is 38.2 Å². The van der Waals surface area contributed by atoms with Gasteiger partial charge in [-0.15, -0.1) is 11.3 Å². The molecule has 1 heterocycles. The van der Waals surface area contributed by atoms with Gasteiger partial charge in [-0.05, 0) is 41.0 Å². The van der Waals surface area contributed by atoms with E-state index in [1.54, 1.807) is 23.3 Å². The average Bonchev–Trinajstić information content (AvgIpc) is 2.62. The first-order valence-electron chi connectivity index (χ1n) is 5.12. The summed E-state index contributed by atoms with van der Waals surface area (Å²) < 4.78 is 1.03. The lowest BCUT2D eigenvalue weighted by atomic mass is 9.88. The Morgan fingerprint density at radius 3 is 2.62 bits per heavy atom. The highest BCUT2D eigenvalue weighted by atomic mass is 79.9. The Hall–Kier alpha value is -0.390. The van der Waals surface area contributed by atoms with Crippen LogP contribution in [-0.4, -0.2) is 19.5 Å². The first-order chi connectivity index (χ1) is 7.38. The van der Waals surface area contributed by atoms with Crippen molar-refractivity contribution in [2.45, 2.75) is 20.3 Å². The smallest absolute Gasteiger partial charge is 0.233 e. The second kappa shape index (κ2) is 5.29. The molecule has 0 radical (unpaired) electrons. The summed E-state index contributed by atoms with van der Waals surface area (Å²) >= 11 is 4.94. The normalized spacial score (nSPS) is 11.6. The second-order valence-electron chi connectivity index (χ2n) is 4.36. The van der Waals surface area contributed by atoms with Gasteiger partial charge in [0.1, 0.15) is 0 Å².